The number of anilines is 1. The fourth-order valence-electron chi connectivity index (χ4n) is 2.74. The summed E-state index contributed by atoms with van der Waals surface area (Å²) in [6.07, 6.45) is 0. The van der Waals surface area contributed by atoms with Crippen molar-refractivity contribution >= 4 is 39.9 Å². The summed E-state index contributed by atoms with van der Waals surface area (Å²) in [5.41, 5.74) is 1.34. The van der Waals surface area contributed by atoms with Gasteiger partial charge in [0.15, 0.2) is 5.82 Å². The zero-order valence-corrected chi connectivity index (χ0v) is 16.7. The molecule has 0 aliphatic heterocycles. The second kappa shape index (κ2) is 8.79. The number of benzene rings is 1. The Bertz CT molecular complexity index is 973. The molecule has 0 aliphatic rings. The van der Waals surface area contributed by atoms with E-state index in [9.17, 15) is 9.59 Å². The first-order chi connectivity index (χ1) is 13.5. The van der Waals surface area contributed by atoms with E-state index < -0.39 is 6.04 Å². The number of rotatable bonds is 7. The molecule has 0 saturated carbocycles. The number of amides is 1. The maximum absolute atomic E-state index is 12.2. The molecule has 0 fully saturated rings. The standard InChI is InChI=1S/C20H22N4O3S/c1-12(2)17(20(26)27-3)24-18-14-6-4-5-7-15(14)22-16(23-18)10-21-19(25)13-8-9-28-11-13/h4-9,11-12,17H,10H2,1-3H3,(H,21,25)(H,22,23,24)/t17-/m0/s1. The first kappa shape index (κ1) is 19.8. The maximum atomic E-state index is 12.2. The van der Waals surface area contributed by atoms with Crippen molar-refractivity contribution in [3.8, 4) is 0 Å². The number of para-hydroxylation sites is 1. The molecular formula is C20H22N4O3S. The minimum atomic E-state index is -0.545. The van der Waals surface area contributed by atoms with Crippen LogP contribution in [-0.4, -0.2) is 35.0 Å². The molecule has 0 bridgehead atoms. The molecule has 0 radical (unpaired) electrons. The largest absolute Gasteiger partial charge is 0.467 e. The van der Waals surface area contributed by atoms with E-state index in [1.807, 2.05) is 43.5 Å². The van der Waals surface area contributed by atoms with Crippen LogP contribution < -0.4 is 10.6 Å². The molecule has 3 rings (SSSR count). The topological polar surface area (TPSA) is 93.2 Å². The molecule has 2 N–H and O–H groups in total. The number of carbonyl (C=O) groups is 2. The van der Waals surface area contributed by atoms with E-state index in [2.05, 4.69) is 20.6 Å². The Morgan fingerprint density at radius 2 is 1.96 bits per heavy atom. The van der Waals surface area contributed by atoms with Crippen LogP contribution in [0.15, 0.2) is 41.1 Å². The van der Waals surface area contributed by atoms with Gasteiger partial charge in [0.1, 0.15) is 11.9 Å². The van der Waals surface area contributed by atoms with Crippen molar-refractivity contribution < 1.29 is 14.3 Å². The van der Waals surface area contributed by atoms with Crippen molar-refractivity contribution in [2.24, 2.45) is 5.92 Å². The first-order valence-electron chi connectivity index (χ1n) is 8.90. The SMILES string of the molecule is COC(=O)[C@@H](Nc1nc(CNC(=O)c2ccsc2)nc2ccccc12)C(C)C. The lowest BCUT2D eigenvalue weighted by atomic mass is 10.0. The maximum Gasteiger partial charge on any atom is 0.328 e. The summed E-state index contributed by atoms with van der Waals surface area (Å²) < 4.78 is 4.91. The van der Waals surface area contributed by atoms with Crippen LogP contribution in [0.5, 0.6) is 0 Å². The third-order valence-electron chi connectivity index (χ3n) is 4.25. The van der Waals surface area contributed by atoms with Gasteiger partial charge in [0, 0.05) is 16.3 Å². The number of hydrogen-bond acceptors (Lipinski definition) is 7. The molecule has 1 aromatic carbocycles. The van der Waals surface area contributed by atoms with E-state index >= 15 is 0 Å². The summed E-state index contributed by atoms with van der Waals surface area (Å²) >= 11 is 1.46. The highest BCUT2D eigenvalue weighted by atomic mass is 32.1. The number of hydrogen-bond donors (Lipinski definition) is 2. The third-order valence-corrected chi connectivity index (χ3v) is 4.94. The van der Waals surface area contributed by atoms with Crippen LogP contribution >= 0.6 is 11.3 Å². The third kappa shape index (κ3) is 4.45. The van der Waals surface area contributed by atoms with Gasteiger partial charge in [-0.3, -0.25) is 4.79 Å². The van der Waals surface area contributed by atoms with Crippen LogP contribution in [0.25, 0.3) is 10.9 Å². The lowest BCUT2D eigenvalue weighted by Crippen LogP contribution is -2.36. The Hall–Kier alpha value is -3.00. The number of nitrogens with one attached hydrogen (secondary N) is 2. The van der Waals surface area contributed by atoms with Gasteiger partial charge in [0.2, 0.25) is 0 Å². The summed E-state index contributed by atoms with van der Waals surface area (Å²) in [6.45, 7) is 4.04. The van der Waals surface area contributed by atoms with Gasteiger partial charge in [-0.2, -0.15) is 11.3 Å². The summed E-state index contributed by atoms with van der Waals surface area (Å²) in [6, 6.07) is 8.74. The second-order valence-electron chi connectivity index (χ2n) is 6.59. The van der Waals surface area contributed by atoms with Crippen molar-refractivity contribution in [2.75, 3.05) is 12.4 Å². The van der Waals surface area contributed by atoms with Crippen LogP contribution in [0.3, 0.4) is 0 Å². The summed E-state index contributed by atoms with van der Waals surface area (Å²) in [5.74, 6) is 0.460. The molecule has 3 aromatic rings. The smallest absolute Gasteiger partial charge is 0.328 e. The molecule has 0 aliphatic carbocycles. The fraction of sp³-hybridized carbons (Fsp3) is 0.300. The molecule has 2 aromatic heterocycles. The van der Waals surface area contributed by atoms with Crippen molar-refractivity contribution in [3.63, 3.8) is 0 Å². The number of thiophene rings is 1. The van der Waals surface area contributed by atoms with Crippen LogP contribution in [0.2, 0.25) is 0 Å². The molecule has 146 valence electrons. The van der Waals surface area contributed by atoms with Crippen LogP contribution in [-0.2, 0) is 16.1 Å². The van der Waals surface area contributed by atoms with E-state index in [-0.39, 0.29) is 24.3 Å². The van der Waals surface area contributed by atoms with Crippen molar-refractivity contribution in [1.82, 2.24) is 15.3 Å². The van der Waals surface area contributed by atoms with Crippen LogP contribution in [0, 0.1) is 5.92 Å². The highest BCUT2D eigenvalue weighted by Crippen LogP contribution is 2.22. The van der Waals surface area contributed by atoms with Gasteiger partial charge in [0.25, 0.3) is 5.91 Å². The quantitative estimate of drug-likeness (QED) is 0.594. The van der Waals surface area contributed by atoms with Gasteiger partial charge < -0.3 is 15.4 Å². The van der Waals surface area contributed by atoms with Gasteiger partial charge in [-0.05, 0) is 29.5 Å². The van der Waals surface area contributed by atoms with E-state index in [4.69, 9.17) is 4.74 Å². The number of aromatic nitrogens is 2. The molecule has 28 heavy (non-hydrogen) atoms. The minimum Gasteiger partial charge on any atom is -0.467 e. The van der Waals surface area contributed by atoms with Gasteiger partial charge in [-0.1, -0.05) is 26.0 Å². The molecule has 2 heterocycles. The highest BCUT2D eigenvalue weighted by molar-refractivity contribution is 7.08. The van der Waals surface area contributed by atoms with E-state index in [0.29, 0.717) is 17.2 Å². The van der Waals surface area contributed by atoms with E-state index in [1.54, 1.807) is 11.4 Å². The normalized spacial score (nSPS) is 12.0. The van der Waals surface area contributed by atoms with Crippen molar-refractivity contribution in [2.45, 2.75) is 26.4 Å². The van der Waals surface area contributed by atoms with Gasteiger partial charge in [-0.25, -0.2) is 14.8 Å². The molecule has 7 nitrogen and oxygen atoms in total. The summed E-state index contributed by atoms with van der Waals surface area (Å²) in [5, 5.41) is 10.4. The molecule has 0 unspecified atom stereocenters. The minimum absolute atomic E-state index is 0.00270. The molecule has 0 saturated heterocycles. The molecule has 1 atom stereocenters. The number of fused-ring (bicyclic) bond motifs is 1. The van der Waals surface area contributed by atoms with E-state index in [1.165, 1.54) is 18.4 Å². The highest BCUT2D eigenvalue weighted by Gasteiger charge is 2.24. The summed E-state index contributed by atoms with van der Waals surface area (Å²) in [4.78, 5) is 33.4. The Kier molecular flexibility index (Phi) is 6.20. The Balaban J connectivity index is 1.88. The van der Waals surface area contributed by atoms with E-state index in [0.717, 1.165) is 10.9 Å². The second-order valence-corrected chi connectivity index (χ2v) is 7.37. The first-order valence-corrected chi connectivity index (χ1v) is 9.84. The predicted octanol–water partition coefficient (Wildman–Crippen LogP) is 3.23. The number of carbonyl (C=O) groups excluding carboxylic acids is 2. The van der Waals surface area contributed by atoms with Crippen LogP contribution in [0.1, 0.15) is 30.0 Å². The molecule has 8 heteroatoms. The zero-order chi connectivity index (χ0) is 20.1. The number of nitrogens with zero attached hydrogens (tertiary/aromatic N) is 2. The Morgan fingerprint density at radius 3 is 2.64 bits per heavy atom. The predicted molar refractivity (Wildman–Crippen MR) is 109 cm³/mol. The van der Waals surface area contributed by atoms with Crippen LogP contribution in [0.4, 0.5) is 5.82 Å². The average molecular weight is 398 g/mol. The summed E-state index contributed by atoms with van der Waals surface area (Å²) in [7, 11) is 1.36. The lowest BCUT2D eigenvalue weighted by molar-refractivity contribution is -0.142. The van der Waals surface area contributed by atoms with Crippen molar-refractivity contribution in [3.05, 3.63) is 52.5 Å². The lowest BCUT2D eigenvalue weighted by Gasteiger charge is -2.21. The molecular weight excluding hydrogens is 376 g/mol. The van der Waals surface area contributed by atoms with Gasteiger partial charge in [0.05, 0.1) is 19.2 Å². The Morgan fingerprint density at radius 1 is 1.18 bits per heavy atom. The zero-order valence-electron chi connectivity index (χ0n) is 15.9. The monoisotopic (exact) mass is 398 g/mol. The molecule has 0 spiro atoms. The average Bonchev–Trinajstić information content (AvgIpc) is 3.24. The number of ether oxygens (including phenoxy) is 1. The number of esters is 1. The fourth-order valence-corrected chi connectivity index (χ4v) is 3.38. The number of methoxy groups -OCH3 is 1. The molecule has 1 amide bonds. The van der Waals surface area contributed by atoms with Crippen molar-refractivity contribution in [1.29, 1.82) is 0 Å². The van der Waals surface area contributed by atoms with Gasteiger partial charge >= 0.3 is 5.97 Å². The Labute approximate surface area is 167 Å². The van der Waals surface area contributed by atoms with Gasteiger partial charge in [-0.15, -0.1) is 0 Å².